The van der Waals surface area contributed by atoms with Crippen molar-refractivity contribution >= 4 is 0 Å². The normalized spacial score (nSPS) is 31.6. The van der Waals surface area contributed by atoms with Gasteiger partial charge in [0.15, 0.2) is 0 Å². The number of rotatable bonds is 5. The van der Waals surface area contributed by atoms with Gasteiger partial charge in [-0.25, -0.2) is 0 Å². The van der Waals surface area contributed by atoms with Gasteiger partial charge >= 0.3 is 0 Å². The Morgan fingerprint density at radius 3 is 2.81 bits per heavy atom. The molecule has 4 rings (SSSR count). The summed E-state index contributed by atoms with van der Waals surface area (Å²) in [5, 5.41) is 3.60. The van der Waals surface area contributed by atoms with Crippen LogP contribution in [0.2, 0.25) is 0 Å². The lowest BCUT2D eigenvalue weighted by atomic mass is 9.83. The Hall–Kier alpha value is -0.820. The van der Waals surface area contributed by atoms with E-state index in [2.05, 4.69) is 30.6 Å². The predicted molar refractivity (Wildman–Crippen MR) is 88.6 cm³/mol. The van der Waals surface area contributed by atoms with Crippen molar-refractivity contribution in [1.82, 2.24) is 5.32 Å². The van der Waals surface area contributed by atoms with Crippen molar-refractivity contribution in [2.75, 3.05) is 7.05 Å². The molecule has 3 aliphatic rings. The second-order valence-electron chi connectivity index (χ2n) is 7.82. The summed E-state index contributed by atoms with van der Waals surface area (Å²) in [6.07, 6.45) is 12.7. The fourth-order valence-corrected chi connectivity index (χ4v) is 5.37. The van der Waals surface area contributed by atoms with Crippen molar-refractivity contribution in [3.8, 4) is 0 Å². The lowest BCUT2D eigenvalue weighted by Crippen LogP contribution is -2.31. The second kappa shape index (κ2) is 5.76. The summed E-state index contributed by atoms with van der Waals surface area (Å²) in [6.45, 7) is 0. The van der Waals surface area contributed by atoms with E-state index in [1.54, 1.807) is 23.1 Å². The average molecular weight is 283 g/mol. The van der Waals surface area contributed by atoms with Crippen molar-refractivity contribution in [2.45, 2.75) is 63.8 Å². The maximum absolute atomic E-state index is 3.60. The summed E-state index contributed by atoms with van der Waals surface area (Å²) in [5.74, 6) is 3.15. The number of fused-ring (bicyclic) bond motifs is 3. The van der Waals surface area contributed by atoms with Crippen LogP contribution in [-0.4, -0.2) is 13.1 Å². The maximum Gasteiger partial charge on any atom is 0.0107 e. The molecule has 1 aromatic carbocycles. The number of hydrogen-bond donors (Lipinski definition) is 1. The van der Waals surface area contributed by atoms with Crippen LogP contribution >= 0.6 is 0 Å². The number of hydrogen-bond acceptors (Lipinski definition) is 1. The molecule has 2 saturated carbocycles. The lowest BCUT2D eigenvalue weighted by molar-refractivity contribution is 0.281. The van der Waals surface area contributed by atoms with E-state index in [1.807, 2.05) is 0 Å². The maximum atomic E-state index is 3.60. The van der Waals surface area contributed by atoms with Gasteiger partial charge in [-0.15, -0.1) is 0 Å². The smallest absolute Gasteiger partial charge is 0.0107 e. The van der Waals surface area contributed by atoms with E-state index >= 15 is 0 Å². The number of benzene rings is 1. The van der Waals surface area contributed by atoms with Crippen molar-refractivity contribution in [3.63, 3.8) is 0 Å². The van der Waals surface area contributed by atoms with Gasteiger partial charge in [0.2, 0.25) is 0 Å². The highest BCUT2D eigenvalue weighted by atomic mass is 14.9. The van der Waals surface area contributed by atoms with Crippen LogP contribution in [0.4, 0.5) is 0 Å². The van der Waals surface area contributed by atoms with Crippen LogP contribution in [0.25, 0.3) is 0 Å². The van der Waals surface area contributed by atoms with E-state index in [0.29, 0.717) is 6.04 Å². The van der Waals surface area contributed by atoms with Crippen LogP contribution in [0, 0.1) is 17.8 Å². The van der Waals surface area contributed by atoms with E-state index in [0.717, 1.165) is 17.8 Å². The standard InChI is InChI=1S/C20H29N/c1-21-20(13-19-11-14-6-8-18(19)9-14)12-15-5-7-16-3-2-4-17(16)10-15/h5,7,10,14,18-21H,2-4,6,8-9,11-13H2,1H3. The Morgan fingerprint density at radius 1 is 1.14 bits per heavy atom. The van der Waals surface area contributed by atoms with E-state index < -0.39 is 0 Å². The molecule has 0 amide bonds. The Kier molecular flexibility index (Phi) is 3.79. The number of likely N-dealkylation sites (N-methyl/N-ethyl adjacent to an activating group) is 1. The first-order valence-electron chi connectivity index (χ1n) is 9.09. The summed E-state index contributed by atoms with van der Waals surface area (Å²) < 4.78 is 0. The molecule has 0 heterocycles. The molecule has 114 valence electrons. The predicted octanol–water partition coefficient (Wildman–Crippen LogP) is 4.13. The van der Waals surface area contributed by atoms with E-state index in [9.17, 15) is 0 Å². The van der Waals surface area contributed by atoms with Gasteiger partial charge in [0.25, 0.3) is 0 Å². The third-order valence-electron chi connectivity index (χ3n) is 6.53. The topological polar surface area (TPSA) is 12.0 Å². The van der Waals surface area contributed by atoms with Gasteiger partial charge in [-0.2, -0.15) is 0 Å². The highest BCUT2D eigenvalue weighted by Gasteiger charge is 2.39. The second-order valence-corrected chi connectivity index (χ2v) is 7.82. The minimum absolute atomic E-state index is 0.675. The summed E-state index contributed by atoms with van der Waals surface area (Å²) >= 11 is 0. The fraction of sp³-hybridized carbons (Fsp3) is 0.700. The molecule has 1 aromatic rings. The SMILES string of the molecule is CNC(Cc1ccc2c(c1)CCC2)CC1CC2CCC1C2. The monoisotopic (exact) mass is 283 g/mol. The molecule has 0 radical (unpaired) electrons. The molecule has 0 spiro atoms. The molecular formula is C20H29N. The van der Waals surface area contributed by atoms with Crippen LogP contribution in [0.15, 0.2) is 18.2 Å². The molecule has 21 heavy (non-hydrogen) atoms. The average Bonchev–Trinajstić information content (AvgIpc) is 3.22. The largest absolute Gasteiger partial charge is 0.317 e. The summed E-state index contributed by atoms with van der Waals surface area (Å²) in [5.41, 5.74) is 4.79. The quantitative estimate of drug-likeness (QED) is 0.856. The van der Waals surface area contributed by atoms with Gasteiger partial charge in [0.05, 0.1) is 0 Å². The third kappa shape index (κ3) is 2.77. The Labute approximate surface area is 129 Å². The molecule has 0 aliphatic heterocycles. The molecule has 0 saturated heterocycles. The highest BCUT2D eigenvalue weighted by Crippen LogP contribution is 2.50. The van der Waals surface area contributed by atoms with Crippen LogP contribution in [0.1, 0.15) is 55.2 Å². The van der Waals surface area contributed by atoms with Crippen molar-refractivity contribution in [2.24, 2.45) is 17.8 Å². The highest BCUT2D eigenvalue weighted by molar-refractivity contribution is 5.35. The molecular weight excluding hydrogens is 254 g/mol. The van der Waals surface area contributed by atoms with E-state index in [4.69, 9.17) is 0 Å². The molecule has 1 nitrogen and oxygen atoms in total. The Bertz CT molecular complexity index is 507. The first-order chi connectivity index (χ1) is 10.3. The van der Waals surface area contributed by atoms with Gasteiger partial charge in [-0.1, -0.05) is 24.6 Å². The zero-order valence-corrected chi connectivity index (χ0v) is 13.4. The number of aryl methyl sites for hydroxylation is 2. The Balaban J connectivity index is 1.40. The van der Waals surface area contributed by atoms with Crippen LogP contribution in [0.3, 0.4) is 0 Å². The van der Waals surface area contributed by atoms with Gasteiger partial charge in [-0.3, -0.25) is 0 Å². The fourth-order valence-electron chi connectivity index (χ4n) is 5.37. The first-order valence-corrected chi connectivity index (χ1v) is 9.09. The van der Waals surface area contributed by atoms with Crippen LogP contribution in [0.5, 0.6) is 0 Å². The minimum Gasteiger partial charge on any atom is -0.317 e. The Morgan fingerprint density at radius 2 is 2.05 bits per heavy atom. The van der Waals surface area contributed by atoms with E-state index in [1.165, 1.54) is 51.4 Å². The molecule has 4 unspecified atom stereocenters. The third-order valence-corrected chi connectivity index (χ3v) is 6.53. The number of nitrogens with one attached hydrogen (secondary N) is 1. The van der Waals surface area contributed by atoms with Crippen molar-refractivity contribution in [3.05, 3.63) is 34.9 Å². The van der Waals surface area contributed by atoms with Gasteiger partial charge in [-0.05, 0) is 92.9 Å². The molecule has 4 atom stereocenters. The summed E-state index contributed by atoms with van der Waals surface area (Å²) in [7, 11) is 2.16. The first kappa shape index (κ1) is 13.8. The zero-order valence-electron chi connectivity index (χ0n) is 13.4. The van der Waals surface area contributed by atoms with Crippen LogP contribution in [-0.2, 0) is 19.3 Å². The minimum atomic E-state index is 0.675. The molecule has 2 fully saturated rings. The summed E-state index contributed by atoms with van der Waals surface area (Å²) in [6, 6.07) is 7.94. The van der Waals surface area contributed by atoms with Crippen molar-refractivity contribution < 1.29 is 0 Å². The zero-order chi connectivity index (χ0) is 14.2. The summed E-state index contributed by atoms with van der Waals surface area (Å²) in [4.78, 5) is 0. The van der Waals surface area contributed by atoms with Crippen molar-refractivity contribution in [1.29, 1.82) is 0 Å². The van der Waals surface area contributed by atoms with Crippen LogP contribution < -0.4 is 5.32 Å². The molecule has 0 aromatic heterocycles. The lowest BCUT2D eigenvalue weighted by Gasteiger charge is -2.26. The van der Waals surface area contributed by atoms with Gasteiger partial charge < -0.3 is 5.32 Å². The van der Waals surface area contributed by atoms with Gasteiger partial charge in [0, 0.05) is 6.04 Å². The molecule has 1 heteroatoms. The molecule has 1 N–H and O–H groups in total. The molecule has 3 aliphatic carbocycles. The van der Waals surface area contributed by atoms with E-state index in [-0.39, 0.29) is 0 Å². The van der Waals surface area contributed by atoms with Gasteiger partial charge in [0.1, 0.15) is 0 Å². The molecule has 2 bridgehead atoms.